The number of hydrogen-bond acceptors (Lipinski definition) is 4. The Kier molecular flexibility index (Phi) is 4.22. The minimum absolute atomic E-state index is 0.0501. The molecule has 0 radical (unpaired) electrons. The fraction of sp³-hybridized carbons (Fsp3) is 0.118. The number of nitrogens with two attached hydrogens (primary N) is 1. The van der Waals surface area contributed by atoms with Crippen LogP contribution >= 0.6 is 11.6 Å². The van der Waals surface area contributed by atoms with Crippen LogP contribution in [0.2, 0.25) is 5.02 Å². The van der Waals surface area contributed by atoms with Crippen molar-refractivity contribution in [3.05, 3.63) is 64.3 Å². The molecule has 0 aliphatic heterocycles. The van der Waals surface area contributed by atoms with Gasteiger partial charge < -0.3 is 11.1 Å². The second-order valence-corrected chi connectivity index (χ2v) is 5.92. The summed E-state index contributed by atoms with van der Waals surface area (Å²) < 4.78 is 1.45. The molecule has 0 fully saturated rings. The molecule has 0 bridgehead atoms. The van der Waals surface area contributed by atoms with Crippen molar-refractivity contribution in [1.82, 2.24) is 15.0 Å². The van der Waals surface area contributed by atoms with Crippen molar-refractivity contribution < 1.29 is 4.79 Å². The summed E-state index contributed by atoms with van der Waals surface area (Å²) >= 11 is 6.04. The number of aromatic nitrogens is 3. The molecule has 3 N–H and O–H groups in total. The van der Waals surface area contributed by atoms with Gasteiger partial charge in [-0.2, -0.15) is 4.68 Å². The molecule has 0 aliphatic carbocycles. The van der Waals surface area contributed by atoms with Gasteiger partial charge in [0.25, 0.3) is 5.91 Å². The minimum atomic E-state index is -0.462. The maximum Gasteiger partial charge on any atom is 0.280 e. The van der Waals surface area contributed by atoms with E-state index in [1.54, 1.807) is 24.3 Å². The maximum atomic E-state index is 12.4. The number of carbonyl (C=O) groups excluding carboxylic acids is 1. The van der Waals surface area contributed by atoms with Crippen LogP contribution in [0.15, 0.2) is 42.5 Å². The van der Waals surface area contributed by atoms with Gasteiger partial charge >= 0.3 is 0 Å². The van der Waals surface area contributed by atoms with Crippen LogP contribution in [0.4, 0.5) is 11.5 Å². The maximum absolute atomic E-state index is 12.4. The van der Waals surface area contributed by atoms with Crippen molar-refractivity contribution in [3.8, 4) is 5.69 Å². The van der Waals surface area contributed by atoms with Crippen LogP contribution in [0.5, 0.6) is 0 Å². The van der Waals surface area contributed by atoms with Gasteiger partial charge in [-0.05, 0) is 49.2 Å². The molecular formula is C17H16ClN5O. The molecular weight excluding hydrogens is 326 g/mol. The third-order valence-electron chi connectivity index (χ3n) is 3.49. The first kappa shape index (κ1) is 16.0. The highest BCUT2D eigenvalue weighted by molar-refractivity contribution is 6.33. The predicted molar refractivity (Wildman–Crippen MR) is 94.7 cm³/mol. The summed E-state index contributed by atoms with van der Waals surface area (Å²) in [4.78, 5) is 12.4. The van der Waals surface area contributed by atoms with Crippen molar-refractivity contribution in [1.29, 1.82) is 0 Å². The summed E-state index contributed by atoms with van der Waals surface area (Å²) in [5, 5.41) is 11.0. The lowest BCUT2D eigenvalue weighted by Gasteiger charge is -2.07. The van der Waals surface area contributed by atoms with Gasteiger partial charge in [-0.1, -0.05) is 35.0 Å². The van der Waals surface area contributed by atoms with Crippen LogP contribution in [-0.2, 0) is 0 Å². The number of para-hydroxylation sites is 1. The topological polar surface area (TPSA) is 85.8 Å². The predicted octanol–water partition coefficient (Wildman–Crippen LogP) is 3.37. The third-order valence-corrected chi connectivity index (χ3v) is 3.82. The number of carbonyl (C=O) groups is 1. The Morgan fingerprint density at radius 1 is 1.17 bits per heavy atom. The van der Waals surface area contributed by atoms with Crippen LogP contribution in [0.25, 0.3) is 5.69 Å². The van der Waals surface area contributed by atoms with Gasteiger partial charge in [0.15, 0.2) is 11.5 Å². The van der Waals surface area contributed by atoms with Gasteiger partial charge in [0.2, 0.25) is 0 Å². The van der Waals surface area contributed by atoms with Crippen LogP contribution in [-0.4, -0.2) is 20.9 Å². The van der Waals surface area contributed by atoms with Crippen molar-refractivity contribution in [3.63, 3.8) is 0 Å². The summed E-state index contributed by atoms with van der Waals surface area (Å²) in [5.74, 6) is -0.291. The standard InChI is InChI=1S/C17H16ClN5O/c1-10-7-11(2)9-12(8-10)23-16(19)15(21-22-23)17(24)20-14-6-4-3-5-13(14)18/h3-9H,19H2,1-2H3,(H,20,24). The summed E-state index contributed by atoms with van der Waals surface area (Å²) in [5.41, 5.74) is 9.51. The zero-order valence-corrected chi connectivity index (χ0v) is 14.0. The van der Waals surface area contributed by atoms with E-state index in [2.05, 4.69) is 15.6 Å². The Morgan fingerprint density at radius 2 is 1.83 bits per heavy atom. The van der Waals surface area contributed by atoms with Gasteiger partial charge in [0, 0.05) is 0 Å². The fourth-order valence-corrected chi connectivity index (χ4v) is 2.64. The first-order chi connectivity index (χ1) is 11.5. The van der Waals surface area contributed by atoms with E-state index in [1.807, 2.05) is 32.0 Å². The third kappa shape index (κ3) is 3.09. The molecule has 0 saturated carbocycles. The molecule has 2 aromatic carbocycles. The smallest absolute Gasteiger partial charge is 0.280 e. The van der Waals surface area contributed by atoms with Gasteiger partial charge in [-0.3, -0.25) is 4.79 Å². The molecule has 0 unspecified atom stereocenters. The number of rotatable bonds is 3. The largest absolute Gasteiger partial charge is 0.382 e. The molecule has 0 saturated heterocycles. The minimum Gasteiger partial charge on any atom is -0.382 e. The Morgan fingerprint density at radius 3 is 2.50 bits per heavy atom. The number of amides is 1. The number of aryl methyl sites for hydroxylation is 2. The molecule has 0 aliphatic rings. The highest BCUT2D eigenvalue weighted by Gasteiger charge is 2.19. The number of hydrogen-bond donors (Lipinski definition) is 2. The summed E-state index contributed by atoms with van der Waals surface area (Å²) in [6.07, 6.45) is 0. The monoisotopic (exact) mass is 341 g/mol. The van der Waals surface area contributed by atoms with E-state index in [9.17, 15) is 4.79 Å². The molecule has 6 nitrogen and oxygen atoms in total. The summed E-state index contributed by atoms with van der Waals surface area (Å²) in [6, 6.07) is 12.8. The van der Waals surface area contributed by atoms with Crippen LogP contribution in [0.3, 0.4) is 0 Å². The molecule has 0 atom stereocenters. The van der Waals surface area contributed by atoms with Crippen LogP contribution in [0, 0.1) is 13.8 Å². The van der Waals surface area contributed by atoms with E-state index >= 15 is 0 Å². The molecule has 1 aromatic heterocycles. The molecule has 3 aromatic rings. The van der Waals surface area contributed by atoms with Crippen LogP contribution in [0.1, 0.15) is 21.6 Å². The van der Waals surface area contributed by atoms with Crippen LogP contribution < -0.4 is 11.1 Å². The Labute approximate surface area is 144 Å². The van der Waals surface area contributed by atoms with Crippen molar-refractivity contribution >= 4 is 29.0 Å². The number of benzene rings is 2. The molecule has 24 heavy (non-hydrogen) atoms. The van der Waals surface area contributed by atoms with E-state index in [0.717, 1.165) is 16.8 Å². The Balaban J connectivity index is 1.92. The molecule has 0 spiro atoms. The zero-order chi connectivity index (χ0) is 17.3. The van der Waals surface area contributed by atoms with Gasteiger partial charge in [-0.25, -0.2) is 0 Å². The average Bonchev–Trinajstić information content (AvgIpc) is 2.90. The SMILES string of the molecule is Cc1cc(C)cc(-n2nnc(C(=O)Nc3ccccc3Cl)c2N)c1. The first-order valence-electron chi connectivity index (χ1n) is 7.31. The normalized spacial score (nSPS) is 10.6. The second kappa shape index (κ2) is 6.33. The number of halogens is 1. The molecule has 1 heterocycles. The lowest BCUT2D eigenvalue weighted by Crippen LogP contribution is -2.15. The Hall–Kier alpha value is -2.86. The summed E-state index contributed by atoms with van der Waals surface area (Å²) in [7, 11) is 0. The lowest BCUT2D eigenvalue weighted by molar-refractivity contribution is 0.102. The van der Waals surface area contributed by atoms with Gasteiger partial charge in [0.1, 0.15) is 0 Å². The molecule has 1 amide bonds. The fourth-order valence-electron chi connectivity index (χ4n) is 2.46. The quantitative estimate of drug-likeness (QED) is 0.764. The number of nitrogens with one attached hydrogen (secondary N) is 1. The van der Waals surface area contributed by atoms with E-state index < -0.39 is 5.91 Å². The van der Waals surface area contributed by atoms with Gasteiger partial charge in [0.05, 0.1) is 16.4 Å². The first-order valence-corrected chi connectivity index (χ1v) is 7.69. The van der Waals surface area contributed by atoms with E-state index in [0.29, 0.717) is 10.7 Å². The Bertz CT molecular complexity index is 899. The van der Waals surface area contributed by atoms with E-state index in [1.165, 1.54) is 4.68 Å². The number of nitrogen functional groups attached to an aromatic ring is 1. The van der Waals surface area contributed by atoms with E-state index in [4.69, 9.17) is 17.3 Å². The van der Waals surface area contributed by atoms with Crippen molar-refractivity contribution in [2.24, 2.45) is 0 Å². The second-order valence-electron chi connectivity index (χ2n) is 5.51. The lowest BCUT2D eigenvalue weighted by atomic mass is 10.1. The number of anilines is 2. The van der Waals surface area contributed by atoms with E-state index in [-0.39, 0.29) is 11.5 Å². The molecule has 122 valence electrons. The highest BCUT2D eigenvalue weighted by atomic mass is 35.5. The van der Waals surface area contributed by atoms with Crippen molar-refractivity contribution in [2.75, 3.05) is 11.1 Å². The average molecular weight is 342 g/mol. The number of nitrogens with zero attached hydrogens (tertiary/aromatic N) is 3. The van der Waals surface area contributed by atoms with Crippen molar-refractivity contribution in [2.45, 2.75) is 13.8 Å². The highest BCUT2D eigenvalue weighted by Crippen LogP contribution is 2.23. The summed E-state index contributed by atoms with van der Waals surface area (Å²) in [6.45, 7) is 3.96. The zero-order valence-electron chi connectivity index (χ0n) is 13.2. The molecule has 3 rings (SSSR count). The molecule has 7 heteroatoms. The van der Waals surface area contributed by atoms with Gasteiger partial charge in [-0.15, -0.1) is 5.10 Å².